The number of halogens is 1. The van der Waals surface area contributed by atoms with Gasteiger partial charge in [-0.2, -0.15) is 12.7 Å². The van der Waals surface area contributed by atoms with Crippen molar-refractivity contribution >= 4 is 76.9 Å². The molecule has 0 radical (unpaired) electrons. The van der Waals surface area contributed by atoms with Crippen LogP contribution in [0.2, 0.25) is 5.02 Å². The molecule has 0 N–H and O–H groups in total. The van der Waals surface area contributed by atoms with Gasteiger partial charge in [-0.25, -0.2) is 4.79 Å². The topological polar surface area (TPSA) is 84.7 Å². The van der Waals surface area contributed by atoms with E-state index < -0.39 is 20.9 Å². The fourth-order valence-electron chi connectivity index (χ4n) is 3.41. The lowest BCUT2D eigenvalue weighted by Gasteiger charge is -2.23. The quantitative estimate of drug-likeness (QED) is 0.312. The zero-order chi connectivity index (χ0) is 22.5. The molecule has 0 bridgehead atoms. The summed E-state index contributed by atoms with van der Waals surface area (Å²) in [5, 5.41) is 3.04. The van der Waals surface area contributed by atoms with Gasteiger partial charge in [0.1, 0.15) is 4.21 Å². The van der Waals surface area contributed by atoms with Gasteiger partial charge in [0.05, 0.1) is 10.4 Å². The van der Waals surface area contributed by atoms with Crippen LogP contribution < -0.4 is 9.24 Å². The summed E-state index contributed by atoms with van der Waals surface area (Å²) in [6, 6.07) is 17.4. The van der Waals surface area contributed by atoms with E-state index in [1.54, 1.807) is 35.7 Å². The van der Waals surface area contributed by atoms with E-state index in [-0.39, 0.29) is 15.5 Å². The second kappa shape index (κ2) is 7.86. The minimum Gasteiger partial charge on any atom is -0.413 e. The van der Waals surface area contributed by atoms with E-state index in [4.69, 9.17) is 16.0 Å². The number of carbonyl (C=O) groups excluding carboxylic acids is 1. The smallest absolute Gasteiger partial charge is 0.396 e. The van der Waals surface area contributed by atoms with Gasteiger partial charge in [-0.3, -0.25) is 4.79 Å². The molecule has 0 spiro atoms. The van der Waals surface area contributed by atoms with Crippen LogP contribution >= 0.6 is 34.3 Å². The molecule has 10 heteroatoms. The number of amides is 1. The first kappa shape index (κ1) is 20.9. The SMILES string of the molecule is O=C(c1ccc(Cl)cc1)N(c1cc2sc(=O)oc2c2ccccc12)S(=O)(=O)c1cccs1. The lowest BCUT2D eigenvalue weighted by molar-refractivity contribution is 0.101. The van der Waals surface area contributed by atoms with Crippen LogP contribution in [0.15, 0.2) is 85.5 Å². The van der Waals surface area contributed by atoms with Gasteiger partial charge >= 0.3 is 4.94 Å². The fourth-order valence-corrected chi connectivity index (χ4v) is 6.74. The van der Waals surface area contributed by atoms with Gasteiger partial charge in [0.15, 0.2) is 5.58 Å². The van der Waals surface area contributed by atoms with Crippen molar-refractivity contribution in [1.29, 1.82) is 0 Å². The molecule has 0 atom stereocenters. The lowest BCUT2D eigenvalue weighted by Crippen LogP contribution is -2.36. The van der Waals surface area contributed by atoms with Crippen molar-refractivity contribution in [1.82, 2.24) is 0 Å². The third kappa shape index (κ3) is 3.43. The molecule has 0 saturated carbocycles. The van der Waals surface area contributed by atoms with Crippen molar-refractivity contribution in [2.45, 2.75) is 4.21 Å². The molecule has 160 valence electrons. The van der Waals surface area contributed by atoms with Crippen LogP contribution in [0.4, 0.5) is 5.69 Å². The molecular weight excluding hydrogens is 490 g/mol. The van der Waals surface area contributed by atoms with Gasteiger partial charge in [0, 0.05) is 21.4 Å². The summed E-state index contributed by atoms with van der Waals surface area (Å²) in [5.41, 5.74) is 0.643. The van der Waals surface area contributed by atoms with Gasteiger partial charge in [-0.15, -0.1) is 11.3 Å². The summed E-state index contributed by atoms with van der Waals surface area (Å²) < 4.78 is 33.9. The van der Waals surface area contributed by atoms with E-state index in [1.165, 1.54) is 36.4 Å². The van der Waals surface area contributed by atoms with E-state index in [9.17, 15) is 18.0 Å². The molecule has 2 aromatic heterocycles. The lowest BCUT2D eigenvalue weighted by atomic mass is 10.1. The molecule has 3 aromatic carbocycles. The number of thiophene rings is 1. The number of nitrogens with zero attached hydrogens (tertiary/aromatic N) is 1. The number of sulfonamides is 1. The predicted octanol–water partition coefficient (Wildman–Crippen LogP) is 5.76. The first-order valence-electron chi connectivity index (χ1n) is 9.20. The van der Waals surface area contributed by atoms with Crippen LogP contribution in [0.3, 0.4) is 0 Å². The molecule has 6 nitrogen and oxygen atoms in total. The Morgan fingerprint density at radius 3 is 2.38 bits per heavy atom. The van der Waals surface area contributed by atoms with Gasteiger partial charge < -0.3 is 4.42 Å². The maximum absolute atomic E-state index is 13.7. The second-order valence-electron chi connectivity index (χ2n) is 6.74. The molecule has 0 aliphatic heterocycles. The fraction of sp³-hybridized carbons (Fsp3) is 0. The van der Waals surface area contributed by atoms with Gasteiger partial charge in [-0.05, 0) is 41.8 Å². The summed E-state index contributed by atoms with van der Waals surface area (Å²) >= 11 is 7.81. The Morgan fingerprint density at radius 1 is 0.969 bits per heavy atom. The summed E-state index contributed by atoms with van der Waals surface area (Å²) in [6.45, 7) is 0. The van der Waals surface area contributed by atoms with Crippen LogP contribution in [0.1, 0.15) is 10.4 Å². The molecule has 0 aliphatic rings. The molecule has 0 unspecified atom stereocenters. The molecule has 32 heavy (non-hydrogen) atoms. The zero-order valence-corrected chi connectivity index (χ0v) is 19.2. The number of hydrogen-bond donors (Lipinski definition) is 0. The van der Waals surface area contributed by atoms with Crippen molar-refractivity contribution in [3.63, 3.8) is 0 Å². The molecule has 0 fully saturated rings. The largest absolute Gasteiger partial charge is 0.413 e. The van der Waals surface area contributed by atoms with E-state index in [0.29, 0.717) is 26.1 Å². The van der Waals surface area contributed by atoms with E-state index >= 15 is 0 Å². The highest BCUT2D eigenvalue weighted by atomic mass is 35.5. The van der Waals surface area contributed by atoms with Crippen molar-refractivity contribution in [3.05, 3.63) is 92.4 Å². The summed E-state index contributed by atoms with van der Waals surface area (Å²) in [6.07, 6.45) is 0. The zero-order valence-electron chi connectivity index (χ0n) is 16.0. The normalized spacial score (nSPS) is 11.8. The number of anilines is 1. The third-order valence-electron chi connectivity index (χ3n) is 4.80. The number of hydrogen-bond acceptors (Lipinski definition) is 7. The van der Waals surface area contributed by atoms with Crippen LogP contribution in [-0.4, -0.2) is 14.3 Å². The Kier molecular flexibility index (Phi) is 5.13. The number of rotatable bonds is 4. The van der Waals surface area contributed by atoms with Crippen molar-refractivity contribution in [2.75, 3.05) is 4.31 Å². The minimum atomic E-state index is -4.26. The first-order valence-corrected chi connectivity index (χ1v) is 12.7. The molecular formula is C22H12ClNO5S3. The highest BCUT2D eigenvalue weighted by Gasteiger charge is 2.34. The second-order valence-corrected chi connectivity index (χ2v) is 11.1. The molecule has 1 amide bonds. The summed E-state index contributed by atoms with van der Waals surface area (Å²) in [5.74, 6) is -0.740. The molecule has 2 heterocycles. The molecule has 5 rings (SSSR count). The Balaban J connectivity index is 1.84. The van der Waals surface area contributed by atoms with E-state index in [2.05, 4.69) is 0 Å². The van der Waals surface area contributed by atoms with Crippen LogP contribution in [0.25, 0.3) is 21.1 Å². The number of fused-ring (bicyclic) bond motifs is 3. The van der Waals surface area contributed by atoms with Crippen LogP contribution in [-0.2, 0) is 10.0 Å². The Morgan fingerprint density at radius 2 is 1.69 bits per heavy atom. The van der Waals surface area contributed by atoms with Crippen molar-refractivity contribution in [3.8, 4) is 0 Å². The van der Waals surface area contributed by atoms with Gasteiger partial charge in [0.25, 0.3) is 15.9 Å². The minimum absolute atomic E-state index is 0.0179. The maximum Gasteiger partial charge on any atom is 0.396 e. The number of carbonyl (C=O) groups is 1. The Bertz CT molecular complexity index is 1640. The van der Waals surface area contributed by atoms with Crippen LogP contribution in [0, 0.1) is 0 Å². The highest BCUT2D eigenvalue weighted by molar-refractivity contribution is 7.95. The number of benzene rings is 3. The van der Waals surface area contributed by atoms with Gasteiger partial charge in [-0.1, -0.05) is 53.3 Å². The van der Waals surface area contributed by atoms with E-state index in [0.717, 1.165) is 27.0 Å². The maximum atomic E-state index is 13.7. The standard InChI is InChI=1S/C22H12ClNO5S3/c23-14-9-7-13(8-10-14)21(25)24(32(27,28)19-6-3-11-30-19)17-12-18-20(29-22(26)31-18)16-5-2-1-4-15(16)17/h1-12H. The molecule has 0 saturated heterocycles. The van der Waals surface area contributed by atoms with Crippen molar-refractivity contribution < 1.29 is 17.6 Å². The monoisotopic (exact) mass is 501 g/mol. The Hall–Kier alpha value is -2.98. The molecule has 5 aromatic rings. The van der Waals surface area contributed by atoms with Crippen LogP contribution in [0.5, 0.6) is 0 Å². The average Bonchev–Trinajstić information content (AvgIpc) is 3.44. The summed E-state index contributed by atoms with van der Waals surface area (Å²) in [7, 11) is -4.26. The Labute approximate surface area is 195 Å². The van der Waals surface area contributed by atoms with Gasteiger partial charge in [0.2, 0.25) is 0 Å². The first-order chi connectivity index (χ1) is 15.4. The molecule has 0 aliphatic carbocycles. The van der Waals surface area contributed by atoms with E-state index in [1.807, 2.05) is 0 Å². The average molecular weight is 502 g/mol. The predicted molar refractivity (Wildman–Crippen MR) is 128 cm³/mol. The highest BCUT2D eigenvalue weighted by Crippen LogP contribution is 2.38. The third-order valence-corrected chi connectivity index (χ3v) is 8.90. The van der Waals surface area contributed by atoms with Crippen molar-refractivity contribution in [2.24, 2.45) is 0 Å². The summed E-state index contributed by atoms with van der Waals surface area (Å²) in [4.78, 5) is 25.0.